The first-order valence-corrected chi connectivity index (χ1v) is 14.6. The van der Waals surface area contributed by atoms with E-state index in [0.717, 1.165) is 12.2 Å². The van der Waals surface area contributed by atoms with Crippen LogP contribution in [0, 0.1) is 5.92 Å². The van der Waals surface area contributed by atoms with Gasteiger partial charge in [0.05, 0.1) is 39.2 Å². The molecule has 0 aromatic carbocycles. The minimum absolute atomic E-state index is 0.0514. The second-order valence-electron chi connectivity index (χ2n) is 7.93. The fraction of sp³-hybridized carbons (Fsp3) is 0.818. The smallest absolute Gasteiger partial charge is 0.377 e. The van der Waals surface area contributed by atoms with Crippen molar-refractivity contribution in [1.29, 1.82) is 0 Å². The molecule has 10 nitrogen and oxygen atoms in total. The van der Waals surface area contributed by atoms with Crippen LogP contribution in [0.3, 0.4) is 0 Å². The quantitative estimate of drug-likeness (QED) is 0.0736. The molecule has 1 aromatic heterocycles. The number of alkyl halides is 1. The maximum atomic E-state index is 12.0. The Bertz CT molecular complexity index is 659. The number of likely N-dealkylation sites (N-methyl/N-ethyl adjacent to an activating group) is 1. The monoisotopic (exact) mass is 583 g/mol. The zero-order valence-corrected chi connectivity index (χ0v) is 22.6. The summed E-state index contributed by atoms with van der Waals surface area (Å²) in [6.07, 6.45) is 3.49. The Morgan fingerprint density at radius 1 is 1.00 bits per heavy atom. The predicted octanol–water partition coefficient (Wildman–Crippen LogP) is -1.63. The number of hydrogen-bond donors (Lipinski definition) is 0. The molecule has 192 valence electrons. The van der Waals surface area contributed by atoms with Crippen LogP contribution < -0.4 is 21.2 Å². The molecule has 0 fully saturated rings. The molecule has 0 aliphatic heterocycles. The van der Waals surface area contributed by atoms with Gasteiger partial charge >= 0.3 is 112 Å². The zero-order chi connectivity index (χ0) is 24.3. The van der Waals surface area contributed by atoms with Crippen LogP contribution in [0.4, 0.5) is 0 Å². The zero-order valence-electron chi connectivity index (χ0n) is 20.5. The number of aromatic nitrogens is 3. The van der Waals surface area contributed by atoms with Crippen LogP contribution in [0.25, 0.3) is 0 Å². The van der Waals surface area contributed by atoms with Crippen LogP contribution in [0.1, 0.15) is 38.8 Å². The Morgan fingerprint density at radius 3 is 2.21 bits per heavy atom. The molecule has 0 N–H and O–H groups in total. The SMILES string of the molecule is C[I-]C(=O)CCCC(=O)N(C)CCOCCOCCOCCOCc1cn(CC(C)C)nn1. The maximum absolute atomic E-state index is 12.0. The van der Waals surface area contributed by atoms with E-state index in [4.69, 9.17) is 18.9 Å². The molecule has 0 spiro atoms. The van der Waals surface area contributed by atoms with Crippen molar-refractivity contribution in [3.8, 4) is 0 Å². The second-order valence-corrected chi connectivity index (χ2v) is 10.2. The first kappa shape index (κ1) is 29.9. The molecule has 1 rings (SSSR count). The van der Waals surface area contributed by atoms with Crippen molar-refractivity contribution in [3.05, 3.63) is 11.9 Å². The number of halogens is 1. The van der Waals surface area contributed by atoms with Crippen LogP contribution in [-0.2, 0) is 41.7 Å². The minimum Gasteiger partial charge on any atom is -0.377 e. The molecule has 0 aliphatic rings. The standard InChI is InChI=1S/C22H40IN4O6/c1-19(2)16-27-17-20(24-25-27)18-33-15-14-32-13-12-31-11-10-30-9-8-26(4)22(29)7-5-6-21(28)23-3/h17,19H,5-16,18H2,1-4H3/q-1. The number of carbonyl (C=O) groups is 2. The van der Waals surface area contributed by atoms with Gasteiger partial charge in [-0.2, -0.15) is 0 Å². The van der Waals surface area contributed by atoms with Crippen molar-refractivity contribution in [2.24, 2.45) is 5.92 Å². The van der Waals surface area contributed by atoms with Crippen molar-refractivity contribution in [2.45, 2.75) is 46.3 Å². The Balaban J connectivity index is 1.86. The third-order valence-electron chi connectivity index (χ3n) is 4.48. The van der Waals surface area contributed by atoms with Crippen molar-refractivity contribution < 1.29 is 49.7 Å². The van der Waals surface area contributed by atoms with Crippen LogP contribution in [0.15, 0.2) is 6.20 Å². The van der Waals surface area contributed by atoms with E-state index in [1.807, 2.05) is 15.8 Å². The minimum atomic E-state index is -0.352. The first-order valence-electron chi connectivity index (χ1n) is 11.4. The van der Waals surface area contributed by atoms with Gasteiger partial charge in [0, 0.05) is 6.54 Å². The van der Waals surface area contributed by atoms with Gasteiger partial charge in [-0.15, -0.1) is 5.10 Å². The van der Waals surface area contributed by atoms with Crippen LogP contribution >= 0.6 is 0 Å². The molecule has 0 saturated carbocycles. The van der Waals surface area contributed by atoms with Gasteiger partial charge in [0.25, 0.3) is 0 Å². The van der Waals surface area contributed by atoms with Gasteiger partial charge in [0.1, 0.15) is 5.69 Å². The summed E-state index contributed by atoms with van der Waals surface area (Å²) in [5, 5.41) is 8.15. The molecule has 0 radical (unpaired) electrons. The third kappa shape index (κ3) is 16.2. The molecule has 0 bridgehead atoms. The first-order chi connectivity index (χ1) is 15.9. The van der Waals surface area contributed by atoms with E-state index >= 15 is 0 Å². The molecule has 1 aromatic rings. The summed E-state index contributed by atoms with van der Waals surface area (Å²) in [7, 11) is 1.76. The number of carbonyl (C=O) groups excluding carboxylic acids is 2. The molecule has 1 heterocycles. The van der Waals surface area contributed by atoms with Gasteiger partial charge in [0.15, 0.2) is 0 Å². The summed E-state index contributed by atoms with van der Waals surface area (Å²) in [5.41, 5.74) is 0.819. The molecular formula is C22H40IN4O6-. The Morgan fingerprint density at radius 2 is 1.61 bits per heavy atom. The molecule has 0 saturated heterocycles. The summed E-state index contributed by atoms with van der Waals surface area (Å²) in [4.78, 5) is 26.9. The molecule has 0 atom stereocenters. The Hall–Kier alpha value is -1.15. The van der Waals surface area contributed by atoms with E-state index in [1.165, 1.54) is 0 Å². The number of ether oxygens (including phenoxy) is 4. The summed E-state index contributed by atoms with van der Waals surface area (Å²) in [6, 6.07) is 0. The van der Waals surface area contributed by atoms with Crippen LogP contribution in [0.5, 0.6) is 0 Å². The predicted molar refractivity (Wildman–Crippen MR) is 119 cm³/mol. The van der Waals surface area contributed by atoms with Crippen molar-refractivity contribution in [3.63, 3.8) is 0 Å². The molecule has 11 heteroatoms. The van der Waals surface area contributed by atoms with Gasteiger partial charge in [-0.3, -0.25) is 4.68 Å². The average molecular weight is 583 g/mol. The summed E-state index contributed by atoms with van der Waals surface area (Å²) < 4.78 is 24.1. The van der Waals surface area contributed by atoms with E-state index < -0.39 is 0 Å². The number of amides is 1. The second kappa shape index (κ2) is 19.2. The van der Waals surface area contributed by atoms with E-state index in [-0.39, 0.29) is 27.1 Å². The third-order valence-corrected chi connectivity index (χ3v) is 6.22. The number of rotatable bonds is 21. The topological polar surface area (TPSA) is 105 Å². The van der Waals surface area contributed by atoms with E-state index in [0.29, 0.717) is 88.4 Å². The van der Waals surface area contributed by atoms with Crippen LogP contribution in [0.2, 0.25) is 0 Å². The average Bonchev–Trinajstić information content (AvgIpc) is 3.22. The molecule has 33 heavy (non-hydrogen) atoms. The Labute approximate surface area is 207 Å². The number of nitrogens with zero attached hydrogens (tertiary/aromatic N) is 4. The molecule has 1 amide bonds. The van der Waals surface area contributed by atoms with Gasteiger partial charge in [0.2, 0.25) is 0 Å². The van der Waals surface area contributed by atoms with E-state index in [1.54, 1.807) is 11.9 Å². The number of hydrogen-bond acceptors (Lipinski definition) is 8. The molecular weight excluding hydrogens is 543 g/mol. The van der Waals surface area contributed by atoms with Crippen molar-refractivity contribution >= 4 is 9.70 Å². The van der Waals surface area contributed by atoms with Crippen LogP contribution in [-0.4, -0.2) is 94.4 Å². The van der Waals surface area contributed by atoms with Crippen molar-refractivity contribution in [2.75, 3.05) is 64.8 Å². The van der Waals surface area contributed by atoms with Gasteiger partial charge in [-0.25, -0.2) is 0 Å². The summed E-state index contributed by atoms with van der Waals surface area (Å²) >= 11 is -0.352. The van der Waals surface area contributed by atoms with Gasteiger partial charge in [-0.05, 0) is 5.92 Å². The fourth-order valence-corrected chi connectivity index (χ4v) is 3.62. The normalized spacial score (nSPS) is 11.4. The summed E-state index contributed by atoms with van der Waals surface area (Å²) in [5.74, 6) is 0.580. The summed E-state index contributed by atoms with van der Waals surface area (Å²) in [6.45, 7) is 9.46. The van der Waals surface area contributed by atoms with E-state index in [2.05, 4.69) is 24.2 Å². The fourth-order valence-electron chi connectivity index (χ4n) is 2.69. The molecule has 0 unspecified atom stereocenters. The van der Waals surface area contributed by atoms with Gasteiger partial charge in [-0.1, -0.05) is 19.1 Å². The Kier molecular flexibility index (Phi) is 17.4. The van der Waals surface area contributed by atoms with E-state index in [9.17, 15) is 9.59 Å². The van der Waals surface area contributed by atoms with Crippen molar-refractivity contribution in [1.82, 2.24) is 19.9 Å². The van der Waals surface area contributed by atoms with Gasteiger partial charge < -0.3 is 9.47 Å². The molecule has 0 aliphatic carbocycles.